The van der Waals surface area contributed by atoms with Crippen molar-refractivity contribution in [3.8, 4) is 0 Å². The average molecular weight is 298 g/mol. The first kappa shape index (κ1) is 20.3. The van der Waals surface area contributed by atoms with Gasteiger partial charge < -0.3 is 29.8 Å². The first-order chi connectivity index (χ1) is 7.19. The van der Waals surface area contributed by atoms with E-state index in [1.165, 1.54) is 0 Å². The van der Waals surface area contributed by atoms with Gasteiger partial charge in [-0.2, -0.15) is 0 Å². The Bertz CT molecular complexity index is 317. The third-order valence-electron chi connectivity index (χ3n) is 1.62. The summed E-state index contributed by atoms with van der Waals surface area (Å²) in [5, 5.41) is 35.9. The van der Waals surface area contributed by atoms with Gasteiger partial charge in [0.05, 0.1) is 6.61 Å². The summed E-state index contributed by atoms with van der Waals surface area (Å²) in [6.07, 6.45) is -8.06. The van der Waals surface area contributed by atoms with Crippen molar-refractivity contribution in [2.75, 3.05) is 6.61 Å². The van der Waals surface area contributed by atoms with Crippen LogP contribution in [0.15, 0.2) is 0 Å². The van der Waals surface area contributed by atoms with E-state index in [0.29, 0.717) is 0 Å². The third kappa shape index (κ3) is 8.69. The fourth-order valence-electron chi connectivity index (χ4n) is 0.762. The molecule has 0 bridgehead atoms. The molecule has 0 amide bonds. The van der Waals surface area contributed by atoms with E-state index in [-0.39, 0.29) is 57.7 Å². The molecule has 4 atom stereocenters. The molecule has 96 valence electrons. The summed E-state index contributed by atoms with van der Waals surface area (Å²) in [5.41, 5.74) is 0. The second-order valence-electron chi connectivity index (χ2n) is 2.87. The molecule has 17 heavy (non-hydrogen) atoms. The molecule has 0 unspecified atom stereocenters. The van der Waals surface area contributed by atoms with Gasteiger partial charge in [-0.3, -0.25) is 4.18 Å². The van der Waals surface area contributed by atoms with E-state index in [9.17, 15) is 17.8 Å². The molecular formula is C6H11KO9S. The van der Waals surface area contributed by atoms with E-state index >= 15 is 0 Å². The monoisotopic (exact) mass is 298 g/mol. The molecule has 0 radical (unpaired) electrons. The molecule has 0 aliphatic heterocycles. The third-order valence-corrected chi connectivity index (χ3v) is 2.04. The van der Waals surface area contributed by atoms with Gasteiger partial charge in [-0.15, -0.1) is 0 Å². The van der Waals surface area contributed by atoms with Gasteiger partial charge in [0.2, 0.25) is 10.4 Å². The summed E-state index contributed by atoms with van der Waals surface area (Å²) in [6, 6.07) is 0. The van der Waals surface area contributed by atoms with Crippen molar-refractivity contribution in [2.45, 2.75) is 24.4 Å². The van der Waals surface area contributed by atoms with E-state index in [0.717, 1.165) is 0 Å². The topological polar surface area (TPSA) is 164 Å². The molecule has 0 fully saturated rings. The van der Waals surface area contributed by atoms with Gasteiger partial charge in [-0.25, -0.2) is 8.42 Å². The molecule has 0 aromatic carbocycles. The van der Waals surface area contributed by atoms with E-state index < -0.39 is 41.4 Å². The molecule has 0 heterocycles. The Morgan fingerprint density at radius 1 is 1.18 bits per heavy atom. The maximum Gasteiger partial charge on any atom is 1.00 e. The largest absolute Gasteiger partial charge is 1.00 e. The van der Waals surface area contributed by atoms with Gasteiger partial charge in [0.1, 0.15) is 24.4 Å². The molecule has 0 aliphatic carbocycles. The molecule has 0 aromatic rings. The summed E-state index contributed by atoms with van der Waals surface area (Å²) in [7, 11) is -5.04. The Morgan fingerprint density at radius 3 is 2.00 bits per heavy atom. The molecule has 9 nitrogen and oxygen atoms in total. The van der Waals surface area contributed by atoms with Crippen LogP contribution in [0.25, 0.3) is 0 Å². The zero-order chi connectivity index (χ0) is 12.9. The van der Waals surface area contributed by atoms with Crippen LogP contribution in [0.4, 0.5) is 0 Å². The predicted octanol–water partition coefficient (Wildman–Crippen LogP) is -6.89. The van der Waals surface area contributed by atoms with Crippen LogP contribution in [-0.2, 0) is 19.4 Å². The number of hydrogen-bond acceptors (Lipinski definition) is 9. The maximum atomic E-state index is 10.0. The Kier molecular flexibility index (Phi) is 10.8. The van der Waals surface area contributed by atoms with Crippen LogP contribution in [-0.4, -0.2) is 70.7 Å². The molecule has 0 saturated carbocycles. The standard InChI is InChI=1S/C6H12O9S.K/c7-1-3(8)5(10)6(11)4(9)2-15-16(12,13)14;/h1,3-6,8-11H,2H2,(H,12,13,14);/q;+1/p-1/t3-,4+,5+,6+;/m0./s1. The molecular weight excluding hydrogens is 287 g/mol. The van der Waals surface area contributed by atoms with E-state index in [1.54, 1.807) is 0 Å². The Balaban J connectivity index is 0. The van der Waals surface area contributed by atoms with Gasteiger partial charge in [-0.1, -0.05) is 0 Å². The van der Waals surface area contributed by atoms with Crippen molar-refractivity contribution >= 4 is 16.7 Å². The Labute approximate surface area is 140 Å². The summed E-state index contributed by atoms with van der Waals surface area (Å²) < 4.78 is 33.5. The van der Waals surface area contributed by atoms with Crippen molar-refractivity contribution in [2.24, 2.45) is 0 Å². The molecule has 11 heteroatoms. The fraction of sp³-hybridized carbons (Fsp3) is 0.833. The van der Waals surface area contributed by atoms with Gasteiger partial charge in [0, 0.05) is 0 Å². The average Bonchev–Trinajstić information content (AvgIpc) is 2.21. The van der Waals surface area contributed by atoms with Crippen molar-refractivity contribution in [1.82, 2.24) is 0 Å². The number of hydrogen-bond donors (Lipinski definition) is 4. The second kappa shape index (κ2) is 9.01. The maximum absolute atomic E-state index is 10.0. The van der Waals surface area contributed by atoms with E-state index in [1.807, 2.05) is 0 Å². The van der Waals surface area contributed by atoms with Gasteiger partial charge in [-0.05, 0) is 0 Å². The van der Waals surface area contributed by atoms with Gasteiger partial charge in [0.15, 0.2) is 6.29 Å². The van der Waals surface area contributed by atoms with Crippen LogP contribution in [0, 0.1) is 0 Å². The van der Waals surface area contributed by atoms with E-state index in [2.05, 4.69) is 4.18 Å². The summed E-state index contributed by atoms with van der Waals surface area (Å²) in [6.45, 7) is -1.10. The van der Waals surface area contributed by atoms with Crippen LogP contribution in [0.5, 0.6) is 0 Å². The first-order valence-corrected chi connectivity index (χ1v) is 5.30. The predicted molar refractivity (Wildman–Crippen MR) is 45.7 cm³/mol. The second-order valence-corrected chi connectivity index (χ2v) is 3.92. The molecule has 0 spiro atoms. The van der Waals surface area contributed by atoms with Crippen molar-refractivity contribution in [3.05, 3.63) is 0 Å². The minimum absolute atomic E-state index is 0. The number of aliphatic hydroxyl groups is 4. The molecule has 0 saturated heterocycles. The normalized spacial score (nSPS) is 18.6. The minimum Gasteiger partial charge on any atom is -0.726 e. The van der Waals surface area contributed by atoms with Crippen LogP contribution in [0.3, 0.4) is 0 Å². The van der Waals surface area contributed by atoms with Crippen LogP contribution < -0.4 is 51.4 Å². The number of carbonyl (C=O) groups is 1. The Morgan fingerprint density at radius 2 is 1.65 bits per heavy atom. The molecule has 0 rings (SSSR count). The summed E-state index contributed by atoms with van der Waals surface area (Å²) in [5.74, 6) is 0. The first-order valence-electron chi connectivity index (χ1n) is 3.97. The smallest absolute Gasteiger partial charge is 0.726 e. The molecule has 0 aromatic heterocycles. The van der Waals surface area contributed by atoms with Crippen LogP contribution in [0.1, 0.15) is 0 Å². The quantitative estimate of drug-likeness (QED) is 0.155. The van der Waals surface area contributed by atoms with Crippen LogP contribution >= 0.6 is 0 Å². The number of rotatable bonds is 7. The van der Waals surface area contributed by atoms with Crippen molar-refractivity contribution in [1.29, 1.82) is 0 Å². The zero-order valence-corrected chi connectivity index (χ0v) is 12.8. The van der Waals surface area contributed by atoms with Gasteiger partial charge >= 0.3 is 51.4 Å². The van der Waals surface area contributed by atoms with Crippen LogP contribution in [0.2, 0.25) is 0 Å². The Hall–Kier alpha value is 1.02. The van der Waals surface area contributed by atoms with Crippen molar-refractivity contribution < 1.29 is 93.8 Å². The number of carbonyl (C=O) groups excluding carboxylic acids is 1. The zero-order valence-electron chi connectivity index (χ0n) is 8.83. The molecule has 0 aliphatic rings. The van der Waals surface area contributed by atoms with E-state index in [4.69, 9.17) is 20.4 Å². The minimum atomic E-state index is -5.04. The number of aldehydes is 1. The molecule has 4 N–H and O–H groups in total. The fourth-order valence-corrected chi connectivity index (χ4v) is 1.07. The summed E-state index contributed by atoms with van der Waals surface area (Å²) in [4.78, 5) is 10.0. The van der Waals surface area contributed by atoms with Gasteiger partial charge in [0.25, 0.3) is 0 Å². The van der Waals surface area contributed by atoms with Crippen molar-refractivity contribution in [3.63, 3.8) is 0 Å². The summed E-state index contributed by atoms with van der Waals surface area (Å²) >= 11 is 0. The SMILES string of the molecule is O=C[C@H](O)[C@@H](O)[C@H](O)[C@H](O)COS(=O)(=O)[O-].[K+]. The number of aliphatic hydroxyl groups excluding tert-OH is 4.